The number of aryl methyl sites for hydroxylation is 3. The molecule has 4 heteroatoms. The van der Waals surface area contributed by atoms with Crippen LogP contribution in [0.2, 0.25) is 0 Å². The third-order valence-electron chi connectivity index (χ3n) is 3.44. The summed E-state index contributed by atoms with van der Waals surface area (Å²) in [5.41, 5.74) is 3.98. The van der Waals surface area contributed by atoms with Crippen LogP contribution in [0.1, 0.15) is 29.2 Å². The lowest BCUT2D eigenvalue weighted by Gasteiger charge is -2.18. The van der Waals surface area contributed by atoms with Gasteiger partial charge in [-0.05, 0) is 55.6 Å². The molecule has 1 unspecified atom stereocenters. The SMILES string of the molecule is CNC(CCc1cnn(C)c1)c1ccc(Br)cc1C. The Hall–Kier alpha value is -1.13. The number of aromatic nitrogens is 2. The lowest BCUT2D eigenvalue weighted by molar-refractivity contribution is 0.546. The van der Waals surface area contributed by atoms with Crippen molar-refractivity contribution in [2.24, 2.45) is 7.05 Å². The second-order valence-electron chi connectivity index (χ2n) is 4.90. The largest absolute Gasteiger partial charge is 0.313 e. The maximum Gasteiger partial charge on any atom is 0.0521 e. The third kappa shape index (κ3) is 3.67. The summed E-state index contributed by atoms with van der Waals surface area (Å²) in [5.74, 6) is 0. The minimum absolute atomic E-state index is 0.383. The van der Waals surface area contributed by atoms with Gasteiger partial charge in [-0.3, -0.25) is 4.68 Å². The van der Waals surface area contributed by atoms with Gasteiger partial charge < -0.3 is 5.32 Å². The lowest BCUT2D eigenvalue weighted by atomic mass is 9.96. The Kier molecular flexibility index (Phi) is 4.77. The second-order valence-corrected chi connectivity index (χ2v) is 5.82. The standard InChI is InChI=1S/C15H20BrN3/c1-11-8-13(16)5-6-14(11)15(17-2)7-4-12-9-18-19(3)10-12/h5-6,8-10,15,17H,4,7H2,1-3H3. The molecule has 0 aliphatic rings. The highest BCUT2D eigenvalue weighted by atomic mass is 79.9. The fourth-order valence-electron chi connectivity index (χ4n) is 2.40. The van der Waals surface area contributed by atoms with Crippen LogP contribution in [-0.2, 0) is 13.5 Å². The molecule has 19 heavy (non-hydrogen) atoms. The van der Waals surface area contributed by atoms with E-state index in [1.165, 1.54) is 16.7 Å². The van der Waals surface area contributed by atoms with Crippen LogP contribution >= 0.6 is 15.9 Å². The topological polar surface area (TPSA) is 29.9 Å². The molecule has 1 atom stereocenters. The van der Waals surface area contributed by atoms with Crippen molar-refractivity contribution in [3.05, 3.63) is 51.8 Å². The van der Waals surface area contributed by atoms with Crippen LogP contribution in [0.5, 0.6) is 0 Å². The normalized spacial score (nSPS) is 12.6. The van der Waals surface area contributed by atoms with Gasteiger partial charge in [0.05, 0.1) is 6.20 Å². The van der Waals surface area contributed by atoms with Gasteiger partial charge in [-0.2, -0.15) is 5.10 Å². The Labute approximate surface area is 123 Å². The Morgan fingerprint density at radius 2 is 2.21 bits per heavy atom. The van der Waals surface area contributed by atoms with Crippen LogP contribution in [0.4, 0.5) is 0 Å². The zero-order valence-corrected chi connectivity index (χ0v) is 13.2. The van der Waals surface area contributed by atoms with E-state index in [-0.39, 0.29) is 0 Å². The summed E-state index contributed by atoms with van der Waals surface area (Å²) in [7, 11) is 3.98. The minimum atomic E-state index is 0.383. The van der Waals surface area contributed by atoms with Crippen molar-refractivity contribution in [3.8, 4) is 0 Å². The Morgan fingerprint density at radius 1 is 1.42 bits per heavy atom. The maximum absolute atomic E-state index is 4.21. The summed E-state index contributed by atoms with van der Waals surface area (Å²) in [4.78, 5) is 0. The molecule has 1 heterocycles. The van der Waals surface area contributed by atoms with Crippen molar-refractivity contribution in [2.75, 3.05) is 7.05 Å². The van der Waals surface area contributed by atoms with Crippen LogP contribution in [0.15, 0.2) is 35.1 Å². The zero-order chi connectivity index (χ0) is 13.8. The van der Waals surface area contributed by atoms with E-state index in [2.05, 4.69) is 57.7 Å². The van der Waals surface area contributed by atoms with E-state index in [4.69, 9.17) is 0 Å². The first-order chi connectivity index (χ1) is 9.10. The molecule has 0 radical (unpaired) electrons. The van der Waals surface area contributed by atoms with Crippen molar-refractivity contribution >= 4 is 15.9 Å². The quantitative estimate of drug-likeness (QED) is 0.914. The van der Waals surface area contributed by atoms with E-state index in [1.807, 2.05) is 25.0 Å². The van der Waals surface area contributed by atoms with Crippen LogP contribution < -0.4 is 5.32 Å². The first kappa shape index (κ1) is 14.3. The number of hydrogen-bond acceptors (Lipinski definition) is 2. The van der Waals surface area contributed by atoms with Gasteiger partial charge in [0.25, 0.3) is 0 Å². The summed E-state index contributed by atoms with van der Waals surface area (Å²) >= 11 is 3.51. The number of rotatable bonds is 5. The number of halogens is 1. The predicted octanol–water partition coefficient (Wildman–Crippen LogP) is 3.38. The van der Waals surface area contributed by atoms with Crippen LogP contribution in [0.25, 0.3) is 0 Å². The molecule has 1 aromatic carbocycles. The first-order valence-corrected chi connectivity index (χ1v) is 7.30. The summed E-state index contributed by atoms with van der Waals surface area (Å²) < 4.78 is 2.99. The van der Waals surface area contributed by atoms with E-state index in [0.717, 1.165) is 17.3 Å². The average Bonchev–Trinajstić information content (AvgIpc) is 2.78. The molecule has 0 aliphatic carbocycles. The van der Waals surface area contributed by atoms with Crippen molar-refractivity contribution in [1.29, 1.82) is 0 Å². The van der Waals surface area contributed by atoms with E-state index in [9.17, 15) is 0 Å². The summed E-state index contributed by atoms with van der Waals surface area (Å²) in [6, 6.07) is 6.86. The van der Waals surface area contributed by atoms with Gasteiger partial charge in [0.1, 0.15) is 0 Å². The molecule has 102 valence electrons. The fourth-order valence-corrected chi connectivity index (χ4v) is 2.87. The number of benzene rings is 1. The molecule has 0 saturated heterocycles. The molecule has 0 aliphatic heterocycles. The Balaban J connectivity index is 2.07. The molecule has 0 amide bonds. The van der Waals surface area contributed by atoms with Crippen LogP contribution in [0.3, 0.4) is 0 Å². The van der Waals surface area contributed by atoms with Gasteiger partial charge >= 0.3 is 0 Å². The van der Waals surface area contributed by atoms with Gasteiger partial charge in [0.15, 0.2) is 0 Å². The molecule has 2 rings (SSSR count). The molecule has 2 aromatic rings. The summed E-state index contributed by atoms with van der Waals surface area (Å²) in [5, 5.41) is 7.63. The molecular weight excluding hydrogens is 302 g/mol. The Morgan fingerprint density at radius 3 is 2.79 bits per heavy atom. The maximum atomic E-state index is 4.21. The average molecular weight is 322 g/mol. The van der Waals surface area contributed by atoms with Gasteiger partial charge in [-0.1, -0.05) is 22.0 Å². The van der Waals surface area contributed by atoms with Crippen molar-refractivity contribution < 1.29 is 0 Å². The lowest BCUT2D eigenvalue weighted by Crippen LogP contribution is -2.18. The van der Waals surface area contributed by atoms with Crippen LogP contribution in [-0.4, -0.2) is 16.8 Å². The van der Waals surface area contributed by atoms with Gasteiger partial charge in [0, 0.05) is 23.8 Å². The van der Waals surface area contributed by atoms with Gasteiger partial charge in [-0.25, -0.2) is 0 Å². The molecule has 0 fully saturated rings. The highest BCUT2D eigenvalue weighted by Crippen LogP contribution is 2.24. The zero-order valence-electron chi connectivity index (χ0n) is 11.7. The Bertz CT molecular complexity index is 548. The molecule has 1 aromatic heterocycles. The van der Waals surface area contributed by atoms with E-state index in [0.29, 0.717) is 6.04 Å². The molecular formula is C15H20BrN3. The fraction of sp³-hybridized carbons (Fsp3) is 0.400. The second kappa shape index (κ2) is 6.35. The monoisotopic (exact) mass is 321 g/mol. The summed E-state index contributed by atoms with van der Waals surface area (Å²) in [6.07, 6.45) is 6.14. The number of hydrogen-bond donors (Lipinski definition) is 1. The predicted molar refractivity (Wildman–Crippen MR) is 82.2 cm³/mol. The van der Waals surface area contributed by atoms with Crippen molar-refractivity contribution in [2.45, 2.75) is 25.8 Å². The minimum Gasteiger partial charge on any atom is -0.313 e. The van der Waals surface area contributed by atoms with Gasteiger partial charge in [0.2, 0.25) is 0 Å². The smallest absolute Gasteiger partial charge is 0.0521 e. The number of nitrogens with one attached hydrogen (secondary N) is 1. The highest BCUT2D eigenvalue weighted by molar-refractivity contribution is 9.10. The van der Waals surface area contributed by atoms with Gasteiger partial charge in [-0.15, -0.1) is 0 Å². The van der Waals surface area contributed by atoms with Crippen molar-refractivity contribution in [1.82, 2.24) is 15.1 Å². The summed E-state index contributed by atoms with van der Waals surface area (Å²) in [6.45, 7) is 2.16. The molecule has 0 spiro atoms. The molecule has 0 saturated carbocycles. The molecule has 1 N–H and O–H groups in total. The number of nitrogens with zero attached hydrogens (tertiary/aromatic N) is 2. The molecule has 3 nitrogen and oxygen atoms in total. The molecule has 0 bridgehead atoms. The highest BCUT2D eigenvalue weighted by Gasteiger charge is 2.12. The third-order valence-corrected chi connectivity index (χ3v) is 3.93. The first-order valence-electron chi connectivity index (χ1n) is 6.51. The van der Waals surface area contributed by atoms with E-state index in [1.54, 1.807) is 0 Å². The van der Waals surface area contributed by atoms with E-state index < -0.39 is 0 Å². The van der Waals surface area contributed by atoms with E-state index >= 15 is 0 Å². The van der Waals surface area contributed by atoms with Crippen LogP contribution in [0, 0.1) is 6.92 Å². The van der Waals surface area contributed by atoms with Crippen molar-refractivity contribution in [3.63, 3.8) is 0 Å².